The zero-order valence-electron chi connectivity index (χ0n) is 12.7. The van der Waals surface area contributed by atoms with Gasteiger partial charge in [-0.15, -0.1) is 0 Å². The van der Waals surface area contributed by atoms with Gasteiger partial charge in [0, 0.05) is 6.54 Å². The SMILES string of the molecule is C[C@@H](NC(=O)c1ccoc1)C(=O)NCc1cccc(C(F)(F)F)c1. The smallest absolute Gasteiger partial charge is 0.416 e. The highest BCUT2D eigenvalue weighted by Gasteiger charge is 2.30. The molecule has 2 rings (SSSR count). The van der Waals surface area contributed by atoms with Crippen LogP contribution in [0.4, 0.5) is 13.2 Å². The first-order valence-corrected chi connectivity index (χ1v) is 7.04. The third-order valence-corrected chi connectivity index (χ3v) is 3.25. The van der Waals surface area contributed by atoms with Crippen molar-refractivity contribution in [1.29, 1.82) is 0 Å². The second-order valence-electron chi connectivity index (χ2n) is 5.12. The molecule has 1 atom stereocenters. The molecular formula is C16H15F3N2O3. The van der Waals surface area contributed by atoms with Gasteiger partial charge in [0.25, 0.3) is 5.91 Å². The fourth-order valence-corrected chi connectivity index (χ4v) is 1.94. The maximum absolute atomic E-state index is 12.6. The average Bonchev–Trinajstić information content (AvgIpc) is 3.06. The maximum Gasteiger partial charge on any atom is 0.416 e. The van der Waals surface area contributed by atoms with Crippen molar-refractivity contribution in [2.24, 2.45) is 0 Å². The van der Waals surface area contributed by atoms with Crippen LogP contribution in [-0.2, 0) is 17.5 Å². The number of alkyl halides is 3. The van der Waals surface area contributed by atoms with Gasteiger partial charge >= 0.3 is 6.18 Å². The molecule has 0 bridgehead atoms. The summed E-state index contributed by atoms with van der Waals surface area (Å²) in [6.07, 6.45) is -1.87. The lowest BCUT2D eigenvalue weighted by Crippen LogP contribution is -2.44. The first-order chi connectivity index (χ1) is 11.3. The van der Waals surface area contributed by atoms with Crippen molar-refractivity contribution in [2.45, 2.75) is 25.7 Å². The van der Waals surface area contributed by atoms with Gasteiger partial charge in [0.2, 0.25) is 5.91 Å². The van der Waals surface area contributed by atoms with Gasteiger partial charge in [-0.25, -0.2) is 0 Å². The van der Waals surface area contributed by atoms with Crippen molar-refractivity contribution < 1.29 is 27.2 Å². The molecule has 1 aromatic carbocycles. The number of amides is 2. The number of hydrogen-bond acceptors (Lipinski definition) is 3. The van der Waals surface area contributed by atoms with E-state index in [9.17, 15) is 22.8 Å². The standard InChI is InChI=1S/C16H15F3N2O3/c1-10(21-15(23)12-5-6-24-9-12)14(22)20-8-11-3-2-4-13(7-11)16(17,18)19/h2-7,9-10H,8H2,1H3,(H,20,22)(H,21,23)/t10-/m1/s1. The normalized spacial score (nSPS) is 12.5. The van der Waals surface area contributed by atoms with Crippen LogP contribution in [0.5, 0.6) is 0 Å². The van der Waals surface area contributed by atoms with Gasteiger partial charge in [-0.05, 0) is 30.7 Å². The summed E-state index contributed by atoms with van der Waals surface area (Å²) in [7, 11) is 0. The number of benzene rings is 1. The van der Waals surface area contributed by atoms with Crippen LogP contribution in [0, 0.1) is 0 Å². The summed E-state index contributed by atoms with van der Waals surface area (Å²) in [5.74, 6) is -0.991. The van der Waals surface area contributed by atoms with Crippen molar-refractivity contribution in [3.8, 4) is 0 Å². The van der Waals surface area contributed by atoms with E-state index in [1.807, 2.05) is 0 Å². The molecule has 1 heterocycles. The van der Waals surface area contributed by atoms with Gasteiger partial charge in [0.05, 0.1) is 17.4 Å². The Labute approximate surface area is 135 Å². The summed E-state index contributed by atoms with van der Waals surface area (Å²) in [6.45, 7) is 1.40. The molecule has 5 nitrogen and oxygen atoms in total. The fraction of sp³-hybridized carbons (Fsp3) is 0.250. The van der Waals surface area contributed by atoms with E-state index in [1.165, 1.54) is 37.6 Å². The molecule has 0 saturated carbocycles. The van der Waals surface area contributed by atoms with Crippen LogP contribution in [0.2, 0.25) is 0 Å². The summed E-state index contributed by atoms with van der Waals surface area (Å²) in [4.78, 5) is 23.7. The summed E-state index contributed by atoms with van der Waals surface area (Å²) >= 11 is 0. The van der Waals surface area contributed by atoms with Crippen molar-refractivity contribution in [3.05, 3.63) is 59.5 Å². The molecule has 2 N–H and O–H groups in total. The number of furan rings is 1. The Hall–Kier alpha value is -2.77. The molecular weight excluding hydrogens is 325 g/mol. The van der Waals surface area contributed by atoms with E-state index in [1.54, 1.807) is 0 Å². The topological polar surface area (TPSA) is 71.3 Å². The number of rotatable bonds is 5. The third kappa shape index (κ3) is 4.61. The van der Waals surface area contributed by atoms with E-state index in [2.05, 4.69) is 10.6 Å². The lowest BCUT2D eigenvalue weighted by atomic mass is 10.1. The maximum atomic E-state index is 12.6. The molecule has 0 aliphatic carbocycles. The van der Waals surface area contributed by atoms with Crippen LogP contribution < -0.4 is 10.6 Å². The Morgan fingerprint density at radius 2 is 2.00 bits per heavy atom. The lowest BCUT2D eigenvalue weighted by molar-refractivity contribution is -0.137. The molecule has 0 saturated heterocycles. The zero-order chi connectivity index (χ0) is 17.7. The van der Waals surface area contributed by atoms with E-state index in [-0.39, 0.29) is 12.1 Å². The number of carbonyl (C=O) groups is 2. The monoisotopic (exact) mass is 340 g/mol. The van der Waals surface area contributed by atoms with Gasteiger partial charge in [-0.1, -0.05) is 12.1 Å². The van der Waals surface area contributed by atoms with Crippen molar-refractivity contribution in [1.82, 2.24) is 10.6 Å². The second-order valence-corrected chi connectivity index (χ2v) is 5.12. The number of halogens is 3. The van der Waals surface area contributed by atoms with Crippen LogP contribution in [0.25, 0.3) is 0 Å². The highest BCUT2D eigenvalue weighted by atomic mass is 19.4. The highest BCUT2D eigenvalue weighted by Crippen LogP contribution is 2.29. The fourth-order valence-electron chi connectivity index (χ4n) is 1.94. The quantitative estimate of drug-likeness (QED) is 0.879. The zero-order valence-corrected chi connectivity index (χ0v) is 12.7. The number of carbonyl (C=O) groups excluding carboxylic acids is 2. The average molecular weight is 340 g/mol. The van der Waals surface area contributed by atoms with Gasteiger partial charge in [-0.3, -0.25) is 9.59 Å². The Balaban J connectivity index is 1.89. The second kappa shape index (κ2) is 7.20. The molecule has 1 aromatic heterocycles. The molecule has 0 aliphatic heterocycles. The summed E-state index contributed by atoms with van der Waals surface area (Å²) in [6, 6.07) is 5.27. The Morgan fingerprint density at radius 1 is 1.25 bits per heavy atom. The van der Waals surface area contributed by atoms with Crippen LogP contribution >= 0.6 is 0 Å². The van der Waals surface area contributed by atoms with Gasteiger partial charge in [-0.2, -0.15) is 13.2 Å². The van der Waals surface area contributed by atoms with E-state index in [0.717, 1.165) is 12.1 Å². The van der Waals surface area contributed by atoms with E-state index in [0.29, 0.717) is 5.56 Å². The Morgan fingerprint density at radius 3 is 2.62 bits per heavy atom. The molecule has 128 valence electrons. The summed E-state index contributed by atoms with van der Waals surface area (Å²) < 4.78 is 42.7. The number of hydrogen-bond donors (Lipinski definition) is 2. The minimum atomic E-state index is -4.44. The third-order valence-electron chi connectivity index (χ3n) is 3.25. The molecule has 8 heteroatoms. The van der Waals surface area contributed by atoms with Gasteiger partial charge < -0.3 is 15.1 Å². The van der Waals surface area contributed by atoms with Crippen molar-refractivity contribution in [3.63, 3.8) is 0 Å². The van der Waals surface area contributed by atoms with Crippen LogP contribution in [0.15, 0.2) is 47.3 Å². The predicted molar refractivity (Wildman–Crippen MR) is 78.9 cm³/mol. The van der Waals surface area contributed by atoms with Crippen LogP contribution in [-0.4, -0.2) is 17.9 Å². The molecule has 24 heavy (non-hydrogen) atoms. The van der Waals surface area contributed by atoms with E-state index < -0.39 is 29.6 Å². The minimum absolute atomic E-state index is 0.0747. The predicted octanol–water partition coefficient (Wildman–Crippen LogP) is 2.73. The largest absolute Gasteiger partial charge is 0.472 e. The van der Waals surface area contributed by atoms with Crippen molar-refractivity contribution in [2.75, 3.05) is 0 Å². The molecule has 0 radical (unpaired) electrons. The Kier molecular flexibility index (Phi) is 5.28. The van der Waals surface area contributed by atoms with Crippen LogP contribution in [0.3, 0.4) is 0 Å². The number of nitrogens with one attached hydrogen (secondary N) is 2. The summed E-state index contributed by atoms with van der Waals surface area (Å²) in [5.41, 5.74) is -0.199. The minimum Gasteiger partial charge on any atom is -0.472 e. The van der Waals surface area contributed by atoms with Gasteiger partial charge in [0.1, 0.15) is 12.3 Å². The first kappa shape index (κ1) is 17.6. The lowest BCUT2D eigenvalue weighted by Gasteiger charge is -2.14. The molecule has 2 amide bonds. The Bertz CT molecular complexity index is 712. The van der Waals surface area contributed by atoms with E-state index in [4.69, 9.17) is 4.42 Å². The van der Waals surface area contributed by atoms with E-state index >= 15 is 0 Å². The van der Waals surface area contributed by atoms with Gasteiger partial charge in [0.15, 0.2) is 0 Å². The molecule has 0 unspecified atom stereocenters. The molecule has 0 aliphatic rings. The molecule has 0 spiro atoms. The first-order valence-electron chi connectivity index (χ1n) is 7.04. The van der Waals surface area contributed by atoms with Crippen molar-refractivity contribution >= 4 is 11.8 Å². The molecule has 2 aromatic rings. The molecule has 0 fully saturated rings. The highest BCUT2D eigenvalue weighted by molar-refractivity contribution is 5.97. The summed E-state index contributed by atoms with van der Waals surface area (Å²) in [5, 5.41) is 4.95. The van der Waals surface area contributed by atoms with Crippen LogP contribution in [0.1, 0.15) is 28.4 Å².